The van der Waals surface area contributed by atoms with Gasteiger partial charge in [-0.05, 0) is 5.56 Å². The third-order valence-corrected chi connectivity index (χ3v) is 5.77. The third kappa shape index (κ3) is 15.6. The number of nitrogens with one attached hydrogen (secondary N) is 1. The molecule has 41 heavy (non-hydrogen) atoms. The van der Waals surface area contributed by atoms with E-state index in [9.17, 15) is 44.4 Å². The second-order valence-electron chi connectivity index (χ2n) is 9.12. The summed E-state index contributed by atoms with van der Waals surface area (Å²) in [5, 5.41) is 58.2. The molecule has 1 unspecified atom stereocenters. The molecule has 0 saturated carbocycles. The summed E-state index contributed by atoms with van der Waals surface area (Å²) in [6, 6.07) is 6.75. The number of aliphatic hydroxyl groups is 2. The van der Waals surface area contributed by atoms with E-state index in [2.05, 4.69) is 5.32 Å². The van der Waals surface area contributed by atoms with Gasteiger partial charge in [-0.15, -0.1) is 0 Å². The summed E-state index contributed by atoms with van der Waals surface area (Å²) >= 11 is 0. The summed E-state index contributed by atoms with van der Waals surface area (Å²) in [4.78, 5) is 62.1. The topological polar surface area (TPSA) is 238 Å². The minimum atomic E-state index is -1.29. The maximum atomic E-state index is 13.1. The second kappa shape index (κ2) is 19.4. The molecule has 16 nitrogen and oxygen atoms in total. The van der Waals surface area contributed by atoms with Gasteiger partial charge >= 0.3 is 23.9 Å². The highest BCUT2D eigenvalue weighted by Crippen LogP contribution is 2.07. The molecule has 0 bridgehead atoms. The van der Waals surface area contributed by atoms with Crippen LogP contribution in [0, 0.1) is 0 Å². The van der Waals surface area contributed by atoms with E-state index in [1.165, 1.54) is 9.80 Å². The van der Waals surface area contributed by atoms with Crippen molar-refractivity contribution in [2.75, 3.05) is 72.2 Å². The number of carboxylic acids is 4. The van der Waals surface area contributed by atoms with Gasteiger partial charge in [-0.25, -0.2) is 0 Å². The van der Waals surface area contributed by atoms with Crippen LogP contribution in [0.5, 0.6) is 0 Å². The number of amides is 1. The summed E-state index contributed by atoms with van der Waals surface area (Å²) in [6.45, 7) is -4.06. The van der Waals surface area contributed by atoms with Gasteiger partial charge < -0.3 is 40.7 Å². The number of rotatable bonds is 23. The molecule has 0 aliphatic heterocycles. The summed E-state index contributed by atoms with van der Waals surface area (Å²) in [6.07, 6.45) is 0. The first-order valence-corrected chi connectivity index (χ1v) is 12.6. The Morgan fingerprint density at radius 2 is 1.20 bits per heavy atom. The molecule has 0 aliphatic carbocycles. The largest absolute Gasteiger partial charge is 0.480 e. The molecule has 0 saturated heterocycles. The third-order valence-electron chi connectivity index (χ3n) is 5.77. The number of benzene rings is 1. The lowest BCUT2D eigenvalue weighted by atomic mass is 10.2. The van der Waals surface area contributed by atoms with Crippen LogP contribution in [0.2, 0.25) is 0 Å². The van der Waals surface area contributed by atoms with Crippen LogP contribution < -0.4 is 5.32 Å². The molecule has 230 valence electrons. The molecule has 1 amide bonds. The molecule has 0 aromatic heterocycles. The molecule has 1 rings (SSSR count). The number of ether oxygens (including phenoxy) is 1. The van der Waals surface area contributed by atoms with Crippen molar-refractivity contribution in [1.82, 2.24) is 20.0 Å². The summed E-state index contributed by atoms with van der Waals surface area (Å²) < 4.78 is 5.69. The van der Waals surface area contributed by atoms with E-state index >= 15 is 0 Å². The zero-order valence-electron chi connectivity index (χ0n) is 22.5. The fourth-order valence-corrected chi connectivity index (χ4v) is 3.79. The zero-order chi connectivity index (χ0) is 30.8. The van der Waals surface area contributed by atoms with E-state index in [0.717, 1.165) is 10.5 Å². The summed E-state index contributed by atoms with van der Waals surface area (Å²) in [5.74, 6) is -5.78. The summed E-state index contributed by atoms with van der Waals surface area (Å²) in [7, 11) is 0. The molecule has 1 aromatic rings. The van der Waals surface area contributed by atoms with Crippen LogP contribution >= 0.6 is 0 Å². The molecule has 0 fully saturated rings. The van der Waals surface area contributed by atoms with Crippen LogP contribution in [0.1, 0.15) is 5.56 Å². The average Bonchev–Trinajstić information content (AvgIpc) is 2.89. The maximum Gasteiger partial charge on any atom is 0.317 e. The number of hydrogen-bond donors (Lipinski definition) is 7. The van der Waals surface area contributed by atoms with Crippen LogP contribution in [0.3, 0.4) is 0 Å². The van der Waals surface area contributed by atoms with Gasteiger partial charge in [0.25, 0.3) is 0 Å². The van der Waals surface area contributed by atoms with Crippen molar-refractivity contribution in [2.45, 2.75) is 18.7 Å². The standard InChI is InChI=1S/C25H38N4O12/c30-14-19(15-31)26-25(40)20(17-41-16-18-4-2-1-3-5-18)29(13-24(38)39)9-8-27(10-21(32)33)6-7-28(11-22(34)35)12-23(36)37/h1-5,19-20,30-31H,6-17H2,(H,26,40)(H,32,33)(H,34,35)(H,36,37)(H,38,39). The van der Waals surface area contributed by atoms with E-state index in [4.69, 9.17) is 14.9 Å². The Morgan fingerprint density at radius 3 is 1.71 bits per heavy atom. The number of carbonyl (C=O) groups excluding carboxylic acids is 1. The van der Waals surface area contributed by atoms with E-state index < -0.39 is 81.3 Å². The first kappa shape index (κ1) is 35.4. The number of carboxylic acid groups (broad SMARTS) is 4. The fourth-order valence-electron chi connectivity index (χ4n) is 3.79. The predicted octanol–water partition coefficient (Wildman–Crippen LogP) is -2.71. The highest BCUT2D eigenvalue weighted by molar-refractivity contribution is 5.83. The Morgan fingerprint density at radius 1 is 0.707 bits per heavy atom. The van der Waals surface area contributed by atoms with Crippen LogP contribution in [0.25, 0.3) is 0 Å². The van der Waals surface area contributed by atoms with Gasteiger partial charge in [0.05, 0.1) is 58.6 Å². The molecule has 16 heteroatoms. The number of nitrogens with zero attached hydrogens (tertiary/aromatic N) is 3. The van der Waals surface area contributed by atoms with Crippen molar-refractivity contribution >= 4 is 29.8 Å². The first-order valence-electron chi connectivity index (χ1n) is 12.6. The van der Waals surface area contributed by atoms with Crippen molar-refractivity contribution in [1.29, 1.82) is 0 Å². The highest BCUT2D eigenvalue weighted by atomic mass is 16.5. The van der Waals surface area contributed by atoms with Crippen molar-refractivity contribution in [3.05, 3.63) is 35.9 Å². The quantitative estimate of drug-likeness (QED) is 0.0690. The molecule has 0 heterocycles. The van der Waals surface area contributed by atoms with E-state index in [-0.39, 0.29) is 39.4 Å². The Bertz CT molecular complexity index is 961. The predicted molar refractivity (Wildman–Crippen MR) is 141 cm³/mol. The Labute approximate surface area is 236 Å². The minimum Gasteiger partial charge on any atom is -0.480 e. The maximum absolute atomic E-state index is 13.1. The van der Waals surface area contributed by atoms with Crippen molar-refractivity contribution in [2.24, 2.45) is 0 Å². The van der Waals surface area contributed by atoms with Crippen LogP contribution in [0.4, 0.5) is 0 Å². The van der Waals surface area contributed by atoms with Gasteiger partial charge in [0, 0.05) is 26.2 Å². The van der Waals surface area contributed by atoms with Crippen molar-refractivity contribution in [3.63, 3.8) is 0 Å². The number of carbonyl (C=O) groups is 5. The fraction of sp³-hybridized carbons (Fsp3) is 0.560. The molecule has 0 spiro atoms. The molecule has 7 N–H and O–H groups in total. The van der Waals surface area contributed by atoms with Gasteiger partial charge in [0.15, 0.2) is 0 Å². The van der Waals surface area contributed by atoms with Crippen molar-refractivity contribution < 1.29 is 59.3 Å². The lowest BCUT2D eigenvalue weighted by Gasteiger charge is -2.32. The monoisotopic (exact) mass is 586 g/mol. The molecule has 1 aromatic carbocycles. The van der Waals surface area contributed by atoms with Crippen LogP contribution in [0.15, 0.2) is 30.3 Å². The van der Waals surface area contributed by atoms with Crippen LogP contribution in [-0.4, -0.2) is 159 Å². The number of hydrogen-bond acceptors (Lipinski definition) is 11. The molecular formula is C25H38N4O12. The lowest BCUT2D eigenvalue weighted by Crippen LogP contribution is -2.56. The minimum absolute atomic E-state index is 0.0633. The van der Waals surface area contributed by atoms with E-state index in [1.807, 2.05) is 6.07 Å². The Balaban J connectivity index is 3.08. The lowest BCUT2D eigenvalue weighted by molar-refractivity contribution is -0.143. The van der Waals surface area contributed by atoms with Gasteiger partial charge in [-0.3, -0.25) is 38.7 Å². The first-order chi connectivity index (χ1) is 19.4. The zero-order valence-corrected chi connectivity index (χ0v) is 22.5. The molecule has 0 aliphatic rings. The SMILES string of the molecule is O=C(O)CN(CCN(CC(=O)O)CC(=O)O)CCN(CC(=O)O)C(COCc1ccccc1)C(=O)NC(CO)CO. The molecular weight excluding hydrogens is 548 g/mol. The van der Waals surface area contributed by atoms with Crippen LogP contribution in [-0.2, 0) is 35.3 Å². The van der Waals surface area contributed by atoms with Gasteiger partial charge in [-0.1, -0.05) is 30.3 Å². The Kier molecular flexibility index (Phi) is 16.7. The summed E-state index contributed by atoms with van der Waals surface area (Å²) in [5.41, 5.74) is 0.792. The van der Waals surface area contributed by atoms with Crippen molar-refractivity contribution in [3.8, 4) is 0 Å². The number of aliphatic hydroxyl groups excluding tert-OH is 2. The van der Waals surface area contributed by atoms with E-state index in [0.29, 0.717) is 0 Å². The Hall–Kier alpha value is -3.67. The number of aliphatic carboxylic acids is 4. The molecule has 1 atom stereocenters. The van der Waals surface area contributed by atoms with Gasteiger partial charge in [0.1, 0.15) is 6.04 Å². The highest BCUT2D eigenvalue weighted by Gasteiger charge is 2.30. The van der Waals surface area contributed by atoms with Gasteiger partial charge in [-0.2, -0.15) is 0 Å². The second-order valence-corrected chi connectivity index (χ2v) is 9.12. The average molecular weight is 587 g/mol. The van der Waals surface area contributed by atoms with Gasteiger partial charge in [0.2, 0.25) is 5.91 Å². The molecule has 0 radical (unpaired) electrons. The normalized spacial score (nSPS) is 12.1. The van der Waals surface area contributed by atoms with E-state index in [1.54, 1.807) is 24.3 Å². The smallest absolute Gasteiger partial charge is 0.317 e.